The number of carbonyl (C=O) groups is 2. The van der Waals surface area contributed by atoms with Gasteiger partial charge in [-0.15, -0.1) is 0 Å². The number of ketones is 1. The Morgan fingerprint density at radius 3 is 2.19 bits per heavy atom. The quantitative estimate of drug-likeness (QED) is 0.793. The van der Waals surface area contributed by atoms with E-state index < -0.39 is 5.60 Å². The number of hydrogen-bond acceptors (Lipinski definition) is 5. The van der Waals surface area contributed by atoms with Gasteiger partial charge in [-0.1, -0.05) is 30.3 Å². The van der Waals surface area contributed by atoms with Crippen LogP contribution in [-0.4, -0.2) is 78.0 Å². The van der Waals surface area contributed by atoms with Crippen molar-refractivity contribution in [1.29, 1.82) is 0 Å². The molecule has 0 saturated carbocycles. The van der Waals surface area contributed by atoms with Gasteiger partial charge in [-0.2, -0.15) is 0 Å². The lowest BCUT2D eigenvalue weighted by Gasteiger charge is -2.39. The summed E-state index contributed by atoms with van der Waals surface area (Å²) in [6.45, 7) is 10.6. The molecular formula is C21H31N3O3. The third kappa shape index (κ3) is 6.04. The van der Waals surface area contributed by atoms with Gasteiger partial charge in [0.05, 0.1) is 0 Å². The fourth-order valence-corrected chi connectivity index (χ4v) is 3.76. The molecule has 2 aliphatic heterocycles. The molecule has 2 heterocycles. The van der Waals surface area contributed by atoms with Crippen molar-refractivity contribution in [3.8, 4) is 0 Å². The number of nitrogens with zero attached hydrogens (tertiary/aromatic N) is 3. The van der Waals surface area contributed by atoms with E-state index in [1.54, 1.807) is 4.90 Å². The normalized spacial score (nSPS) is 19.9. The SMILES string of the molecule is CC(C)(CN1CCN(Cc2ccccc2)CC1)OC(=O)N1CCC(=O)CC1. The molecule has 0 unspecified atom stereocenters. The number of Topliss-reactive ketones (excluding diaryl/α,β-unsaturated/α-hetero) is 1. The van der Waals surface area contributed by atoms with E-state index in [2.05, 4.69) is 34.1 Å². The van der Waals surface area contributed by atoms with Gasteiger partial charge in [0.15, 0.2) is 0 Å². The van der Waals surface area contributed by atoms with Gasteiger partial charge in [-0.3, -0.25) is 14.6 Å². The maximum Gasteiger partial charge on any atom is 0.410 e. The number of piperazine rings is 1. The number of likely N-dealkylation sites (tertiary alicyclic amines) is 1. The van der Waals surface area contributed by atoms with E-state index in [0.29, 0.717) is 25.9 Å². The Balaban J connectivity index is 1.42. The van der Waals surface area contributed by atoms with E-state index in [1.165, 1.54) is 5.56 Å². The van der Waals surface area contributed by atoms with E-state index in [0.717, 1.165) is 39.3 Å². The van der Waals surface area contributed by atoms with Crippen LogP contribution < -0.4 is 0 Å². The molecule has 0 atom stereocenters. The minimum Gasteiger partial charge on any atom is -0.442 e. The molecule has 1 amide bonds. The summed E-state index contributed by atoms with van der Waals surface area (Å²) in [4.78, 5) is 30.2. The van der Waals surface area contributed by atoms with Crippen LogP contribution in [0.5, 0.6) is 0 Å². The summed E-state index contributed by atoms with van der Waals surface area (Å²) in [5.74, 6) is 0.228. The van der Waals surface area contributed by atoms with Gasteiger partial charge in [0, 0.05) is 65.2 Å². The van der Waals surface area contributed by atoms with Crippen molar-refractivity contribution in [3.05, 3.63) is 35.9 Å². The molecule has 2 aliphatic rings. The van der Waals surface area contributed by atoms with Crippen LogP contribution in [0, 0.1) is 0 Å². The van der Waals surface area contributed by atoms with E-state index in [4.69, 9.17) is 4.74 Å². The van der Waals surface area contributed by atoms with Crippen molar-refractivity contribution >= 4 is 11.9 Å². The molecule has 3 rings (SSSR count). The van der Waals surface area contributed by atoms with E-state index >= 15 is 0 Å². The van der Waals surface area contributed by atoms with Crippen LogP contribution in [0.15, 0.2) is 30.3 Å². The highest BCUT2D eigenvalue weighted by Gasteiger charge is 2.31. The minimum atomic E-state index is -0.542. The smallest absolute Gasteiger partial charge is 0.410 e. The van der Waals surface area contributed by atoms with Gasteiger partial charge in [-0.05, 0) is 19.4 Å². The predicted molar refractivity (Wildman–Crippen MR) is 105 cm³/mol. The third-order valence-corrected chi connectivity index (χ3v) is 5.26. The lowest BCUT2D eigenvalue weighted by atomic mass is 10.1. The highest BCUT2D eigenvalue weighted by molar-refractivity contribution is 5.81. The monoisotopic (exact) mass is 373 g/mol. The van der Waals surface area contributed by atoms with Crippen molar-refractivity contribution in [3.63, 3.8) is 0 Å². The van der Waals surface area contributed by atoms with Crippen LogP contribution in [0.1, 0.15) is 32.3 Å². The first-order valence-electron chi connectivity index (χ1n) is 9.89. The van der Waals surface area contributed by atoms with Gasteiger partial charge >= 0.3 is 6.09 Å². The maximum atomic E-state index is 12.4. The van der Waals surface area contributed by atoms with Crippen LogP contribution in [0.4, 0.5) is 4.79 Å². The standard InChI is InChI=1S/C21H31N3O3/c1-21(2,27-20(26)24-10-8-19(25)9-11-24)17-23-14-12-22(13-15-23)16-18-6-4-3-5-7-18/h3-7H,8-17H2,1-2H3. The summed E-state index contributed by atoms with van der Waals surface area (Å²) in [6, 6.07) is 10.6. The molecule has 1 aromatic carbocycles. The number of ether oxygens (including phenoxy) is 1. The highest BCUT2D eigenvalue weighted by Crippen LogP contribution is 2.18. The number of benzene rings is 1. The van der Waals surface area contributed by atoms with Crippen LogP contribution in [0.3, 0.4) is 0 Å². The van der Waals surface area contributed by atoms with Crippen molar-refractivity contribution in [2.45, 2.75) is 38.8 Å². The fourth-order valence-electron chi connectivity index (χ4n) is 3.76. The zero-order chi connectivity index (χ0) is 19.3. The third-order valence-electron chi connectivity index (χ3n) is 5.26. The number of carbonyl (C=O) groups excluding carboxylic acids is 2. The second-order valence-electron chi connectivity index (χ2n) is 8.19. The molecule has 2 fully saturated rings. The van der Waals surface area contributed by atoms with Crippen LogP contribution in [-0.2, 0) is 16.1 Å². The Morgan fingerprint density at radius 1 is 0.963 bits per heavy atom. The van der Waals surface area contributed by atoms with Gasteiger partial charge < -0.3 is 9.64 Å². The Hall–Kier alpha value is -1.92. The predicted octanol–water partition coefficient (Wildman–Crippen LogP) is 2.38. The molecule has 0 spiro atoms. The largest absolute Gasteiger partial charge is 0.442 e. The average molecular weight is 373 g/mol. The summed E-state index contributed by atoms with van der Waals surface area (Å²) < 4.78 is 5.76. The second kappa shape index (κ2) is 8.85. The lowest BCUT2D eigenvalue weighted by Crippen LogP contribution is -2.52. The second-order valence-corrected chi connectivity index (χ2v) is 8.19. The fraction of sp³-hybridized carbons (Fsp3) is 0.619. The molecule has 148 valence electrons. The number of piperidine rings is 1. The summed E-state index contributed by atoms with van der Waals surface area (Å²) in [5, 5.41) is 0. The summed E-state index contributed by atoms with van der Waals surface area (Å²) in [5.41, 5.74) is 0.806. The number of amides is 1. The first kappa shape index (κ1) is 19.8. The van der Waals surface area contributed by atoms with Crippen LogP contribution in [0.25, 0.3) is 0 Å². The minimum absolute atomic E-state index is 0.228. The Labute approximate surface area is 162 Å². The number of rotatable bonds is 5. The lowest BCUT2D eigenvalue weighted by molar-refractivity contribution is -0.121. The molecule has 1 aromatic rings. The van der Waals surface area contributed by atoms with Crippen molar-refractivity contribution < 1.29 is 14.3 Å². The van der Waals surface area contributed by atoms with Gasteiger partial charge in [0.1, 0.15) is 11.4 Å². The van der Waals surface area contributed by atoms with Crippen molar-refractivity contribution in [2.75, 3.05) is 45.8 Å². The topological polar surface area (TPSA) is 53.1 Å². The molecule has 2 saturated heterocycles. The number of hydrogen-bond donors (Lipinski definition) is 0. The zero-order valence-electron chi connectivity index (χ0n) is 16.5. The highest BCUT2D eigenvalue weighted by atomic mass is 16.6. The zero-order valence-corrected chi connectivity index (χ0v) is 16.5. The molecule has 6 nitrogen and oxygen atoms in total. The van der Waals surface area contributed by atoms with Crippen LogP contribution >= 0.6 is 0 Å². The Kier molecular flexibility index (Phi) is 6.50. The van der Waals surface area contributed by atoms with E-state index in [9.17, 15) is 9.59 Å². The van der Waals surface area contributed by atoms with Crippen LogP contribution in [0.2, 0.25) is 0 Å². The van der Waals surface area contributed by atoms with Gasteiger partial charge in [0.2, 0.25) is 0 Å². The first-order chi connectivity index (χ1) is 12.9. The molecule has 0 N–H and O–H groups in total. The first-order valence-corrected chi connectivity index (χ1v) is 9.89. The average Bonchev–Trinajstić information content (AvgIpc) is 2.64. The molecule has 0 bridgehead atoms. The summed E-state index contributed by atoms with van der Waals surface area (Å²) >= 11 is 0. The van der Waals surface area contributed by atoms with Crippen molar-refractivity contribution in [1.82, 2.24) is 14.7 Å². The van der Waals surface area contributed by atoms with Gasteiger partial charge in [-0.25, -0.2) is 4.79 Å². The van der Waals surface area contributed by atoms with E-state index in [1.807, 2.05) is 19.9 Å². The Morgan fingerprint density at radius 2 is 1.56 bits per heavy atom. The molecule has 6 heteroatoms. The molecule has 0 aliphatic carbocycles. The molecule has 0 radical (unpaired) electrons. The maximum absolute atomic E-state index is 12.4. The molecule has 27 heavy (non-hydrogen) atoms. The summed E-state index contributed by atoms with van der Waals surface area (Å²) in [6.07, 6.45) is 0.591. The molecule has 0 aromatic heterocycles. The van der Waals surface area contributed by atoms with E-state index in [-0.39, 0.29) is 11.9 Å². The van der Waals surface area contributed by atoms with Crippen molar-refractivity contribution in [2.24, 2.45) is 0 Å². The van der Waals surface area contributed by atoms with Gasteiger partial charge in [0.25, 0.3) is 0 Å². The Bertz CT molecular complexity index is 629. The summed E-state index contributed by atoms with van der Waals surface area (Å²) in [7, 11) is 0. The molecular weight excluding hydrogens is 342 g/mol.